The monoisotopic (exact) mass is 464 g/mol. The molecule has 0 spiro atoms. The number of H-pyrrole nitrogens is 1. The molecule has 1 atom stereocenters. The van der Waals surface area contributed by atoms with Crippen molar-refractivity contribution in [2.45, 2.75) is 19.8 Å². The molecular formula is C25H28N4O3S. The number of aromatic nitrogens is 2. The van der Waals surface area contributed by atoms with Gasteiger partial charge in [0, 0.05) is 49.3 Å². The maximum Gasteiger partial charge on any atom is 0.222 e. The van der Waals surface area contributed by atoms with Crippen molar-refractivity contribution < 1.29 is 14.3 Å². The Bertz CT molecular complexity index is 1130. The number of hydrogen-bond acceptors (Lipinski definition) is 6. The molecule has 0 saturated carbocycles. The van der Waals surface area contributed by atoms with Crippen LogP contribution in [-0.4, -0.2) is 46.9 Å². The van der Waals surface area contributed by atoms with Crippen LogP contribution in [0.15, 0.2) is 48.7 Å². The van der Waals surface area contributed by atoms with Crippen LogP contribution in [0.4, 0.5) is 17.2 Å². The number of aromatic amines is 1. The number of rotatable bonds is 9. The number of para-hydroxylation sites is 1. The molecule has 0 aliphatic heterocycles. The van der Waals surface area contributed by atoms with Crippen molar-refractivity contribution in [3.05, 3.63) is 59.9 Å². The number of nitrogens with zero attached hydrogens (tertiary/aromatic N) is 1. The van der Waals surface area contributed by atoms with Crippen molar-refractivity contribution in [3.8, 4) is 11.3 Å². The zero-order valence-corrected chi connectivity index (χ0v) is 19.6. The van der Waals surface area contributed by atoms with Crippen molar-refractivity contribution >= 4 is 40.6 Å². The molecule has 0 radical (unpaired) electrons. The average Bonchev–Trinajstić information content (AvgIpc) is 3.16. The number of Topliss-reactive ketones (excluding diaryl/α,β-unsaturated/α-hetero) is 1. The number of fused-ring (bicyclic) bond motifs is 1. The Labute approximate surface area is 197 Å². The van der Waals surface area contributed by atoms with E-state index in [1.807, 2.05) is 54.2 Å². The molecule has 0 bridgehead atoms. The van der Waals surface area contributed by atoms with Gasteiger partial charge in [-0.25, -0.2) is 4.98 Å². The Morgan fingerprint density at radius 1 is 1.24 bits per heavy atom. The number of carbonyl (C=O) groups excluding carboxylic acids is 2. The molecule has 2 aromatic heterocycles. The summed E-state index contributed by atoms with van der Waals surface area (Å²) in [7, 11) is 1.70. The van der Waals surface area contributed by atoms with Gasteiger partial charge in [-0.2, -0.15) is 11.8 Å². The molecule has 0 saturated heterocycles. The first-order chi connectivity index (χ1) is 16.0. The van der Waals surface area contributed by atoms with E-state index in [1.165, 1.54) is 6.92 Å². The van der Waals surface area contributed by atoms with Gasteiger partial charge in [0.2, 0.25) is 5.91 Å². The third-order valence-corrected chi connectivity index (χ3v) is 6.67. The fourth-order valence-electron chi connectivity index (χ4n) is 4.09. The Kier molecular flexibility index (Phi) is 7.47. The fourth-order valence-corrected chi connectivity index (χ4v) is 5.11. The van der Waals surface area contributed by atoms with E-state index in [1.54, 1.807) is 13.3 Å². The lowest BCUT2D eigenvalue weighted by atomic mass is 9.87. The van der Waals surface area contributed by atoms with Gasteiger partial charge < -0.3 is 20.4 Å². The normalized spacial score (nSPS) is 15.2. The van der Waals surface area contributed by atoms with E-state index in [4.69, 9.17) is 4.74 Å². The molecule has 2 heterocycles. The van der Waals surface area contributed by atoms with Gasteiger partial charge in [0.1, 0.15) is 5.82 Å². The molecule has 1 aliphatic rings. The maximum atomic E-state index is 13.3. The van der Waals surface area contributed by atoms with Gasteiger partial charge in [0.25, 0.3) is 0 Å². The molecule has 8 heteroatoms. The number of amides is 1. The summed E-state index contributed by atoms with van der Waals surface area (Å²) in [6, 6.07) is 13.5. The predicted octanol–water partition coefficient (Wildman–Crippen LogP) is 4.90. The van der Waals surface area contributed by atoms with Gasteiger partial charge in [0.05, 0.1) is 23.6 Å². The third-order valence-electron chi connectivity index (χ3n) is 5.50. The van der Waals surface area contributed by atoms with Crippen molar-refractivity contribution in [1.82, 2.24) is 9.97 Å². The molecule has 1 unspecified atom stereocenters. The molecular weight excluding hydrogens is 436 g/mol. The highest BCUT2D eigenvalue weighted by Gasteiger charge is 2.31. The third kappa shape index (κ3) is 5.64. The summed E-state index contributed by atoms with van der Waals surface area (Å²) < 4.78 is 5.13. The van der Waals surface area contributed by atoms with Gasteiger partial charge >= 0.3 is 0 Å². The number of anilines is 3. The summed E-state index contributed by atoms with van der Waals surface area (Å²) in [4.78, 5) is 32.6. The summed E-state index contributed by atoms with van der Waals surface area (Å²) in [5, 5.41) is 6.19. The number of hydrogen-bond donors (Lipinski definition) is 3. The molecule has 4 rings (SSSR count). The largest absolute Gasteiger partial charge is 0.384 e. The first-order valence-electron chi connectivity index (χ1n) is 11.0. The van der Waals surface area contributed by atoms with Gasteiger partial charge in [0.15, 0.2) is 5.78 Å². The van der Waals surface area contributed by atoms with Crippen LogP contribution in [0.25, 0.3) is 11.3 Å². The summed E-state index contributed by atoms with van der Waals surface area (Å²) in [5.74, 6) is 2.56. The number of nitrogens with one attached hydrogen (secondary N) is 3. The summed E-state index contributed by atoms with van der Waals surface area (Å²) in [5.41, 5.74) is 5.02. The van der Waals surface area contributed by atoms with Crippen LogP contribution in [0.2, 0.25) is 0 Å². The molecule has 7 nitrogen and oxygen atoms in total. The molecule has 0 fully saturated rings. The Morgan fingerprint density at radius 2 is 2.06 bits per heavy atom. The van der Waals surface area contributed by atoms with Crippen molar-refractivity contribution in [2.75, 3.05) is 35.9 Å². The second kappa shape index (κ2) is 10.7. The minimum atomic E-state index is -0.183. The first-order valence-corrected chi connectivity index (χ1v) is 12.1. The Balaban J connectivity index is 1.69. The first kappa shape index (κ1) is 23.1. The zero-order valence-electron chi connectivity index (χ0n) is 18.8. The number of pyridine rings is 1. The van der Waals surface area contributed by atoms with Gasteiger partial charge in [-0.3, -0.25) is 9.59 Å². The van der Waals surface area contributed by atoms with E-state index in [0.717, 1.165) is 51.8 Å². The second-order valence-electron chi connectivity index (χ2n) is 8.10. The van der Waals surface area contributed by atoms with Crippen molar-refractivity contribution in [1.29, 1.82) is 0 Å². The van der Waals surface area contributed by atoms with Crippen LogP contribution in [0, 0.1) is 5.92 Å². The van der Waals surface area contributed by atoms with E-state index >= 15 is 0 Å². The Morgan fingerprint density at radius 3 is 2.82 bits per heavy atom. The van der Waals surface area contributed by atoms with Crippen molar-refractivity contribution in [3.63, 3.8) is 0 Å². The molecule has 33 heavy (non-hydrogen) atoms. The topological polar surface area (TPSA) is 96.1 Å². The van der Waals surface area contributed by atoms with Crippen LogP contribution >= 0.6 is 11.8 Å². The lowest BCUT2D eigenvalue weighted by Gasteiger charge is -2.21. The summed E-state index contributed by atoms with van der Waals surface area (Å²) >= 11 is 1.82. The van der Waals surface area contributed by atoms with E-state index in [0.29, 0.717) is 18.8 Å². The molecule has 3 aromatic rings. The van der Waals surface area contributed by atoms with E-state index in [2.05, 4.69) is 20.6 Å². The van der Waals surface area contributed by atoms with Crippen LogP contribution in [-0.2, 0) is 16.0 Å². The number of carbonyl (C=O) groups is 2. The minimum absolute atomic E-state index is 0.144. The van der Waals surface area contributed by atoms with E-state index < -0.39 is 0 Å². The predicted molar refractivity (Wildman–Crippen MR) is 133 cm³/mol. The number of ether oxygens (including phenoxy) is 1. The smallest absolute Gasteiger partial charge is 0.222 e. The quantitative estimate of drug-likeness (QED) is 0.390. The maximum absolute atomic E-state index is 13.3. The SMILES string of the molecule is COCCSCC1CC(=O)c2c([nH]c(-c3ccnc(NC(C)=O)c3)c2Nc2ccccc2)C1. The second-order valence-corrected chi connectivity index (χ2v) is 9.25. The van der Waals surface area contributed by atoms with Crippen LogP contribution < -0.4 is 10.6 Å². The molecule has 1 aliphatic carbocycles. The summed E-state index contributed by atoms with van der Waals surface area (Å²) in [6.45, 7) is 2.17. The highest BCUT2D eigenvalue weighted by atomic mass is 32.2. The van der Waals surface area contributed by atoms with Crippen LogP contribution in [0.3, 0.4) is 0 Å². The Hall–Kier alpha value is -3.10. The highest BCUT2D eigenvalue weighted by Crippen LogP contribution is 2.40. The number of ketones is 1. The van der Waals surface area contributed by atoms with Gasteiger partial charge in [-0.05, 0) is 42.4 Å². The minimum Gasteiger partial charge on any atom is -0.384 e. The highest BCUT2D eigenvalue weighted by molar-refractivity contribution is 7.99. The van der Waals surface area contributed by atoms with Gasteiger partial charge in [-0.1, -0.05) is 18.2 Å². The van der Waals surface area contributed by atoms with Crippen molar-refractivity contribution in [2.24, 2.45) is 5.92 Å². The van der Waals surface area contributed by atoms with E-state index in [-0.39, 0.29) is 17.6 Å². The average molecular weight is 465 g/mol. The molecule has 172 valence electrons. The van der Waals surface area contributed by atoms with E-state index in [9.17, 15) is 9.59 Å². The lowest BCUT2D eigenvalue weighted by molar-refractivity contribution is -0.114. The molecule has 1 aromatic carbocycles. The standard InChI is InChI=1S/C25H28N4O3S/c1-16(30)27-22-14-18(8-9-26-22)24-25(28-19-6-4-3-5-7-19)23-20(29-24)12-17(13-21(23)31)15-33-11-10-32-2/h3-9,14,17,28-29H,10-13,15H2,1-2H3,(H,26,27,30). The molecule has 1 amide bonds. The van der Waals surface area contributed by atoms with Gasteiger partial charge in [-0.15, -0.1) is 0 Å². The molecule has 3 N–H and O–H groups in total. The number of thioether (sulfide) groups is 1. The summed E-state index contributed by atoms with van der Waals surface area (Å²) in [6.07, 6.45) is 3.00. The zero-order chi connectivity index (χ0) is 23.2. The van der Waals surface area contributed by atoms with Crippen LogP contribution in [0.1, 0.15) is 29.4 Å². The van der Waals surface area contributed by atoms with Crippen LogP contribution in [0.5, 0.6) is 0 Å². The fraction of sp³-hybridized carbons (Fsp3) is 0.320. The number of methoxy groups -OCH3 is 1. The number of benzene rings is 1. The lowest BCUT2D eigenvalue weighted by Crippen LogP contribution is -2.22.